The second kappa shape index (κ2) is 6.28. The average Bonchev–Trinajstić information content (AvgIpc) is 2.31. The Labute approximate surface area is 103 Å². The molecule has 16 heavy (non-hydrogen) atoms. The summed E-state index contributed by atoms with van der Waals surface area (Å²) in [6, 6.07) is 12.7. The highest BCUT2D eigenvalue weighted by molar-refractivity contribution is 9.10. The molecule has 2 rings (SSSR count). The van der Waals surface area contributed by atoms with E-state index >= 15 is 0 Å². The van der Waals surface area contributed by atoms with E-state index in [1.807, 2.05) is 0 Å². The van der Waals surface area contributed by atoms with Crippen molar-refractivity contribution in [1.82, 2.24) is 0 Å². The number of benzene rings is 2. The van der Waals surface area contributed by atoms with Crippen molar-refractivity contribution in [2.24, 2.45) is 0 Å². The SMILES string of the molecule is COC=O.Cc1ccc2cccc(Br)c2c1. The molecular weight excluding hydrogens is 268 g/mol. The fourth-order valence-corrected chi connectivity index (χ4v) is 1.84. The number of fused-ring (bicyclic) bond motifs is 1. The van der Waals surface area contributed by atoms with Gasteiger partial charge in [-0.15, -0.1) is 0 Å². The molecule has 3 heteroatoms. The third kappa shape index (κ3) is 3.35. The van der Waals surface area contributed by atoms with Crippen LogP contribution in [-0.4, -0.2) is 13.6 Å². The number of ether oxygens (including phenoxy) is 1. The van der Waals surface area contributed by atoms with Crippen molar-refractivity contribution in [2.45, 2.75) is 6.92 Å². The van der Waals surface area contributed by atoms with Crippen LogP contribution in [0.5, 0.6) is 0 Å². The molecule has 0 saturated carbocycles. The van der Waals surface area contributed by atoms with E-state index in [1.165, 1.54) is 27.9 Å². The van der Waals surface area contributed by atoms with Crippen LogP contribution < -0.4 is 0 Å². The van der Waals surface area contributed by atoms with E-state index in [1.54, 1.807) is 0 Å². The lowest BCUT2D eigenvalue weighted by Gasteiger charge is -2.00. The number of carbonyl (C=O) groups excluding carboxylic acids is 1. The predicted octanol–water partition coefficient (Wildman–Crippen LogP) is 3.70. The lowest BCUT2D eigenvalue weighted by molar-refractivity contribution is -0.126. The van der Waals surface area contributed by atoms with Crippen molar-refractivity contribution in [3.63, 3.8) is 0 Å². The molecule has 0 aliphatic rings. The van der Waals surface area contributed by atoms with Gasteiger partial charge in [0, 0.05) is 4.47 Å². The van der Waals surface area contributed by atoms with Gasteiger partial charge in [0.2, 0.25) is 0 Å². The molecule has 0 bridgehead atoms. The molecule has 0 N–H and O–H groups in total. The average molecular weight is 281 g/mol. The Morgan fingerprint density at radius 1 is 1.25 bits per heavy atom. The Hall–Kier alpha value is -1.35. The summed E-state index contributed by atoms with van der Waals surface area (Å²) in [5.74, 6) is 0. The molecular formula is C13H13BrO2. The first-order valence-electron chi connectivity index (χ1n) is 4.80. The minimum atomic E-state index is 0.375. The summed E-state index contributed by atoms with van der Waals surface area (Å²) in [5.41, 5.74) is 1.30. The van der Waals surface area contributed by atoms with Gasteiger partial charge in [0.05, 0.1) is 7.11 Å². The highest BCUT2D eigenvalue weighted by Gasteiger charge is 1.96. The summed E-state index contributed by atoms with van der Waals surface area (Å²) in [7, 11) is 1.31. The minimum absolute atomic E-state index is 0.375. The maximum absolute atomic E-state index is 8.95. The monoisotopic (exact) mass is 280 g/mol. The first-order valence-corrected chi connectivity index (χ1v) is 5.59. The maximum atomic E-state index is 8.95. The predicted molar refractivity (Wildman–Crippen MR) is 69.5 cm³/mol. The summed E-state index contributed by atoms with van der Waals surface area (Å²) in [6.45, 7) is 2.48. The molecule has 0 amide bonds. The van der Waals surface area contributed by atoms with E-state index in [0.29, 0.717) is 6.47 Å². The van der Waals surface area contributed by atoms with Gasteiger partial charge in [-0.1, -0.05) is 51.8 Å². The lowest BCUT2D eigenvalue weighted by atomic mass is 10.1. The standard InChI is InChI=1S/C11H9Br.C2H4O2/c1-8-5-6-9-3-2-4-11(12)10(9)7-8;1-4-2-3/h2-7H,1H3;2H,1H3. The molecule has 2 aromatic rings. The van der Waals surface area contributed by atoms with E-state index in [-0.39, 0.29) is 0 Å². The number of methoxy groups -OCH3 is 1. The zero-order chi connectivity index (χ0) is 12.0. The van der Waals surface area contributed by atoms with Gasteiger partial charge in [-0.05, 0) is 23.8 Å². The van der Waals surface area contributed by atoms with E-state index in [4.69, 9.17) is 4.79 Å². The molecule has 0 saturated heterocycles. The Bertz CT molecular complexity index is 480. The fourth-order valence-electron chi connectivity index (χ4n) is 1.35. The summed E-state index contributed by atoms with van der Waals surface area (Å²) in [4.78, 5) is 8.95. The van der Waals surface area contributed by atoms with E-state index in [0.717, 1.165) is 0 Å². The van der Waals surface area contributed by atoms with Crippen LogP contribution in [0.1, 0.15) is 5.56 Å². The van der Waals surface area contributed by atoms with E-state index < -0.39 is 0 Å². The van der Waals surface area contributed by atoms with Gasteiger partial charge in [-0.2, -0.15) is 0 Å². The minimum Gasteiger partial charge on any atom is -0.471 e. The molecule has 0 aromatic heterocycles. The van der Waals surface area contributed by atoms with Gasteiger partial charge in [-0.3, -0.25) is 4.79 Å². The van der Waals surface area contributed by atoms with Crippen molar-refractivity contribution in [3.05, 3.63) is 46.4 Å². The van der Waals surface area contributed by atoms with Crippen molar-refractivity contribution in [2.75, 3.05) is 7.11 Å². The Morgan fingerprint density at radius 2 is 1.94 bits per heavy atom. The van der Waals surface area contributed by atoms with Gasteiger partial charge in [-0.25, -0.2) is 0 Å². The largest absolute Gasteiger partial charge is 0.471 e. The summed E-state index contributed by atoms with van der Waals surface area (Å²) in [5, 5.41) is 2.58. The zero-order valence-corrected chi connectivity index (χ0v) is 10.8. The van der Waals surface area contributed by atoms with Crippen molar-refractivity contribution in [3.8, 4) is 0 Å². The first kappa shape index (κ1) is 12.7. The number of aryl methyl sites for hydroxylation is 1. The summed E-state index contributed by atoms with van der Waals surface area (Å²) < 4.78 is 5.03. The molecule has 0 aliphatic carbocycles. The molecule has 0 radical (unpaired) electrons. The smallest absolute Gasteiger partial charge is 0.292 e. The first-order chi connectivity index (χ1) is 7.69. The van der Waals surface area contributed by atoms with Crippen LogP contribution >= 0.6 is 15.9 Å². The molecule has 0 unspecified atom stereocenters. The van der Waals surface area contributed by atoms with Crippen LogP contribution in [0.2, 0.25) is 0 Å². The number of carbonyl (C=O) groups is 1. The van der Waals surface area contributed by atoms with Gasteiger partial charge >= 0.3 is 0 Å². The fraction of sp³-hybridized carbons (Fsp3) is 0.154. The van der Waals surface area contributed by atoms with Crippen LogP contribution in [0.3, 0.4) is 0 Å². The van der Waals surface area contributed by atoms with Gasteiger partial charge in [0.1, 0.15) is 0 Å². The number of halogens is 1. The number of hydrogen-bond donors (Lipinski definition) is 0. The maximum Gasteiger partial charge on any atom is 0.292 e. The van der Waals surface area contributed by atoms with Crippen molar-refractivity contribution < 1.29 is 9.53 Å². The Morgan fingerprint density at radius 3 is 2.56 bits per heavy atom. The second-order valence-electron chi connectivity index (χ2n) is 3.30. The number of rotatable bonds is 1. The van der Waals surface area contributed by atoms with Gasteiger partial charge in [0.15, 0.2) is 0 Å². The molecule has 0 atom stereocenters. The lowest BCUT2D eigenvalue weighted by Crippen LogP contribution is -1.75. The number of hydrogen-bond acceptors (Lipinski definition) is 2. The summed E-state index contributed by atoms with van der Waals surface area (Å²) in [6.07, 6.45) is 0. The third-order valence-corrected chi connectivity index (χ3v) is 2.77. The zero-order valence-electron chi connectivity index (χ0n) is 9.24. The third-order valence-electron chi connectivity index (χ3n) is 2.08. The van der Waals surface area contributed by atoms with Crippen LogP contribution in [0.4, 0.5) is 0 Å². The quantitative estimate of drug-likeness (QED) is 0.745. The molecule has 0 spiro atoms. The van der Waals surface area contributed by atoms with Crippen LogP contribution in [0, 0.1) is 6.92 Å². The van der Waals surface area contributed by atoms with Crippen LogP contribution in [0.15, 0.2) is 40.9 Å². The Kier molecular flexibility index (Phi) is 4.99. The van der Waals surface area contributed by atoms with Gasteiger partial charge < -0.3 is 4.74 Å². The molecule has 2 nitrogen and oxygen atoms in total. The van der Waals surface area contributed by atoms with Gasteiger partial charge in [0.25, 0.3) is 6.47 Å². The molecule has 0 aliphatic heterocycles. The topological polar surface area (TPSA) is 26.3 Å². The second-order valence-corrected chi connectivity index (χ2v) is 4.15. The highest BCUT2D eigenvalue weighted by Crippen LogP contribution is 2.24. The molecule has 0 heterocycles. The van der Waals surface area contributed by atoms with E-state index in [9.17, 15) is 0 Å². The molecule has 2 aromatic carbocycles. The molecule has 0 fully saturated rings. The van der Waals surface area contributed by atoms with Crippen molar-refractivity contribution >= 4 is 33.2 Å². The normalized spacial score (nSPS) is 9.19. The molecule has 84 valence electrons. The summed E-state index contributed by atoms with van der Waals surface area (Å²) >= 11 is 3.53. The highest BCUT2D eigenvalue weighted by atomic mass is 79.9. The van der Waals surface area contributed by atoms with Crippen molar-refractivity contribution in [1.29, 1.82) is 0 Å². The Balaban J connectivity index is 0.000000280. The van der Waals surface area contributed by atoms with Crippen LogP contribution in [0.25, 0.3) is 10.8 Å². The van der Waals surface area contributed by atoms with E-state index in [2.05, 4.69) is 64.0 Å². The van der Waals surface area contributed by atoms with Crippen LogP contribution in [-0.2, 0) is 9.53 Å².